The van der Waals surface area contributed by atoms with E-state index in [2.05, 4.69) is 6.92 Å². The molecular formula is C21H23NO5. The number of methoxy groups -OCH3 is 1. The quantitative estimate of drug-likeness (QED) is 0.561. The monoisotopic (exact) mass is 369 g/mol. The van der Waals surface area contributed by atoms with Crippen molar-refractivity contribution in [2.75, 3.05) is 13.7 Å². The van der Waals surface area contributed by atoms with Gasteiger partial charge in [0, 0.05) is 6.54 Å². The van der Waals surface area contributed by atoms with Crippen LogP contribution in [0.1, 0.15) is 48.3 Å². The van der Waals surface area contributed by atoms with Crippen LogP contribution in [0.5, 0.6) is 5.75 Å². The number of unbranched alkanes of at least 4 members (excludes halogenated alkanes) is 2. The lowest BCUT2D eigenvalue weighted by Gasteiger charge is -2.26. The Morgan fingerprint density at radius 1 is 1.22 bits per heavy atom. The normalized spacial score (nSPS) is 16.9. The van der Waals surface area contributed by atoms with Crippen molar-refractivity contribution in [2.24, 2.45) is 0 Å². The summed E-state index contributed by atoms with van der Waals surface area (Å²) in [6.07, 6.45) is 4.15. The van der Waals surface area contributed by atoms with E-state index in [0.717, 1.165) is 24.8 Å². The lowest BCUT2D eigenvalue weighted by molar-refractivity contribution is -0.129. The van der Waals surface area contributed by atoms with Crippen LogP contribution in [-0.2, 0) is 4.79 Å². The number of Topliss-reactive ketones (excluding diaryl/α,β-unsaturated/α-hetero) is 1. The number of aliphatic hydroxyl groups excluding tert-OH is 1. The summed E-state index contributed by atoms with van der Waals surface area (Å²) < 4.78 is 10.4. The van der Waals surface area contributed by atoms with Gasteiger partial charge in [0.15, 0.2) is 11.5 Å². The Balaban J connectivity index is 2.01. The summed E-state index contributed by atoms with van der Waals surface area (Å²) in [5.74, 6) is -0.744. The summed E-state index contributed by atoms with van der Waals surface area (Å²) in [5.41, 5.74) is 0.788. The van der Waals surface area contributed by atoms with Gasteiger partial charge in [-0.2, -0.15) is 0 Å². The molecule has 6 heteroatoms. The molecule has 0 bridgehead atoms. The minimum atomic E-state index is -0.655. The van der Waals surface area contributed by atoms with E-state index >= 15 is 0 Å². The molecule has 0 aliphatic carbocycles. The molecule has 0 spiro atoms. The zero-order chi connectivity index (χ0) is 19.4. The number of amides is 1. The summed E-state index contributed by atoms with van der Waals surface area (Å²) in [6, 6.07) is 9.62. The van der Waals surface area contributed by atoms with Gasteiger partial charge in [0.25, 0.3) is 5.91 Å². The van der Waals surface area contributed by atoms with Gasteiger partial charge in [-0.1, -0.05) is 31.9 Å². The standard InChI is InChI=1S/C21H23NO5/c1-3-4-5-12-22-18(14-8-10-15(26-2)11-9-14)17(20(24)21(22)25)19(23)16-7-6-13-27-16/h6-11,13,18,24H,3-5,12H2,1-2H3. The fourth-order valence-electron chi connectivity index (χ4n) is 3.32. The fraction of sp³-hybridized carbons (Fsp3) is 0.333. The topological polar surface area (TPSA) is 80.0 Å². The first kappa shape index (κ1) is 18.8. The Bertz CT molecular complexity index is 836. The average molecular weight is 369 g/mol. The highest BCUT2D eigenvalue weighted by Gasteiger charge is 2.44. The van der Waals surface area contributed by atoms with Crippen molar-refractivity contribution in [3.63, 3.8) is 0 Å². The summed E-state index contributed by atoms with van der Waals surface area (Å²) in [7, 11) is 1.57. The molecule has 1 N–H and O–H groups in total. The van der Waals surface area contributed by atoms with E-state index in [1.165, 1.54) is 12.3 Å². The van der Waals surface area contributed by atoms with Crippen molar-refractivity contribution in [2.45, 2.75) is 32.2 Å². The molecular weight excluding hydrogens is 346 g/mol. The van der Waals surface area contributed by atoms with Gasteiger partial charge in [0.2, 0.25) is 5.78 Å². The van der Waals surface area contributed by atoms with Crippen molar-refractivity contribution >= 4 is 11.7 Å². The van der Waals surface area contributed by atoms with Crippen LogP contribution >= 0.6 is 0 Å². The molecule has 1 aromatic carbocycles. The van der Waals surface area contributed by atoms with Crippen molar-refractivity contribution in [3.05, 3.63) is 65.3 Å². The van der Waals surface area contributed by atoms with E-state index in [1.54, 1.807) is 42.3 Å². The molecule has 1 aliphatic rings. The molecule has 0 fully saturated rings. The largest absolute Gasteiger partial charge is 0.503 e. The highest BCUT2D eigenvalue weighted by molar-refractivity contribution is 6.15. The lowest BCUT2D eigenvalue weighted by atomic mass is 9.95. The number of furan rings is 1. The van der Waals surface area contributed by atoms with Gasteiger partial charge in [-0.15, -0.1) is 0 Å². The second kappa shape index (κ2) is 8.12. The van der Waals surface area contributed by atoms with Crippen molar-refractivity contribution in [3.8, 4) is 5.75 Å². The van der Waals surface area contributed by atoms with E-state index in [0.29, 0.717) is 12.3 Å². The first-order valence-corrected chi connectivity index (χ1v) is 9.04. The van der Waals surface area contributed by atoms with Crippen LogP contribution < -0.4 is 4.74 Å². The van der Waals surface area contributed by atoms with Crippen LogP contribution in [0.25, 0.3) is 0 Å². The first-order chi connectivity index (χ1) is 13.1. The van der Waals surface area contributed by atoms with Crippen LogP contribution in [0.3, 0.4) is 0 Å². The van der Waals surface area contributed by atoms with E-state index in [1.807, 2.05) is 0 Å². The second-order valence-corrected chi connectivity index (χ2v) is 6.45. The van der Waals surface area contributed by atoms with E-state index in [-0.39, 0.29) is 11.3 Å². The third kappa shape index (κ3) is 3.60. The molecule has 0 saturated carbocycles. The number of rotatable bonds is 8. The van der Waals surface area contributed by atoms with Gasteiger partial charge in [0.05, 0.1) is 25.0 Å². The number of carbonyl (C=O) groups excluding carboxylic acids is 2. The molecule has 2 aromatic rings. The molecule has 6 nitrogen and oxygen atoms in total. The predicted molar refractivity (Wildman–Crippen MR) is 99.7 cm³/mol. The van der Waals surface area contributed by atoms with Gasteiger partial charge >= 0.3 is 0 Å². The number of ketones is 1. The van der Waals surface area contributed by atoms with Gasteiger partial charge in [-0.25, -0.2) is 0 Å². The lowest BCUT2D eigenvalue weighted by Crippen LogP contribution is -2.32. The summed E-state index contributed by atoms with van der Waals surface area (Å²) in [5, 5.41) is 10.5. The molecule has 0 saturated heterocycles. The number of benzene rings is 1. The highest BCUT2D eigenvalue weighted by Crippen LogP contribution is 2.39. The Morgan fingerprint density at radius 2 is 1.96 bits per heavy atom. The summed E-state index contributed by atoms with van der Waals surface area (Å²) in [4.78, 5) is 27.2. The van der Waals surface area contributed by atoms with Crippen LogP contribution in [-0.4, -0.2) is 35.4 Å². The van der Waals surface area contributed by atoms with Crippen LogP contribution in [0.2, 0.25) is 0 Å². The molecule has 3 rings (SSSR count). The Morgan fingerprint density at radius 3 is 2.56 bits per heavy atom. The SMILES string of the molecule is CCCCCN1C(=O)C(O)=C(C(=O)c2ccco2)C1c1ccc(OC)cc1. The fourth-order valence-corrected chi connectivity index (χ4v) is 3.32. The van der Waals surface area contributed by atoms with Crippen molar-refractivity contribution < 1.29 is 23.8 Å². The minimum Gasteiger partial charge on any atom is -0.503 e. The molecule has 142 valence electrons. The number of hydrogen-bond donors (Lipinski definition) is 1. The Hall–Kier alpha value is -3.02. The number of carbonyl (C=O) groups is 2. The Kier molecular flexibility index (Phi) is 5.64. The van der Waals surface area contributed by atoms with Gasteiger partial charge in [-0.05, 0) is 36.2 Å². The minimum absolute atomic E-state index is 0.0524. The van der Waals surface area contributed by atoms with E-state index in [4.69, 9.17) is 9.15 Å². The maximum absolute atomic E-state index is 12.9. The van der Waals surface area contributed by atoms with Crippen molar-refractivity contribution in [1.29, 1.82) is 0 Å². The molecule has 2 heterocycles. The predicted octanol–water partition coefficient (Wildman–Crippen LogP) is 4.06. The van der Waals surface area contributed by atoms with Gasteiger partial charge in [0.1, 0.15) is 5.75 Å². The third-order valence-electron chi connectivity index (χ3n) is 4.73. The Labute approximate surface area is 158 Å². The maximum Gasteiger partial charge on any atom is 0.290 e. The van der Waals surface area contributed by atoms with Gasteiger partial charge in [-0.3, -0.25) is 9.59 Å². The molecule has 1 atom stereocenters. The van der Waals surface area contributed by atoms with Crippen LogP contribution in [0.15, 0.2) is 58.4 Å². The zero-order valence-electron chi connectivity index (χ0n) is 15.5. The third-order valence-corrected chi connectivity index (χ3v) is 4.73. The molecule has 0 radical (unpaired) electrons. The highest BCUT2D eigenvalue weighted by atomic mass is 16.5. The summed E-state index contributed by atoms with van der Waals surface area (Å²) >= 11 is 0. The molecule has 1 aliphatic heterocycles. The van der Waals surface area contributed by atoms with Crippen LogP contribution in [0.4, 0.5) is 0 Å². The molecule has 1 unspecified atom stereocenters. The molecule has 1 amide bonds. The maximum atomic E-state index is 12.9. The number of nitrogens with zero attached hydrogens (tertiary/aromatic N) is 1. The first-order valence-electron chi connectivity index (χ1n) is 9.04. The smallest absolute Gasteiger partial charge is 0.290 e. The zero-order valence-corrected chi connectivity index (χ0v) is 15.5. The number of hydrogen-bond acceptors (Lipinski definition) is 5. The van der Waals surface area contributed by atoms with Gasteiger partial charge < -0.3 is 19.2 Å². The average Bonchev–Trinajstić information content (AvgIpc) is 3.31. The number of aliphatic hydroxyl groups is 1. The second-order valence-electron chi connectivity index (χ2n) is 6.45. The van der Waals surface area contributed by atoms with Crippen LogP contribution in [0, 0.1) is 0 Å². The summed E-state index contributed by atoms with van der Waals surface area (Å²) in [6.45, 7) is 2.54. The molecule has 27 heavy (non-hydrogen) atoms. The van der Waals surface area contributed by atoms with Crippen molar-refractivity contribution in [1.82, 2.24) is 4.90 Å². The molecule has 1 aromatic heterocycles. The number of ether oxygens (including phenoxy) is 1. The van der Waals surface area contributed by atoms with E-state index in [9.17, 15) is 14.7 Å². The van der Waals surface area contributed by atoms with E-state index < -0.39 is 23.5 Å².